The largest absolute Gasteiger partial charge is 0.338 e. The number of benzene rings is 1. The highest BCUT2D eigenvalue weighted by atomic mass is 19.1. The van der Waals surface area contributed by atoms with Gasteiger partial charge in [-0.2, -0.15) is 0 Å². The topological polar surface area (TPSA) is 59.8 Å². The van der Waals surface area contributed by atoms with Crippen molar-refractivity contribution in [1.29, 1.82) is 0 Å². The summed E-state index contributed by atoms with van der Waals surface area (Å²) in [6.45, 7) is 1.85. The minimum atomic E-state index is -0.561. The molecular weight excluding hydrogens is 307 g/mol. The molecule has 1 N–H and O–H groups in total. The standard InChI is InChI=1S/C18H17FN4O/c1-12-6-7-14(11-21-12)18(24)22-16(17-20-8-9-23(17)2)13-4-3-5-15(19)10-13/h3-11,16H,1-2H3,(H,22,24)/t16-/m1/s1. The van der Waals surface area contributed by atoms with Gasteiger partial charge >= 0.3 is 0 Å². The molecule has 2 heterocycles. The van der Waals surface area contributed by atoms with E-state index in [1.54, 1.807) is 41.2 Å². The second-order valence-corrected chi connectivity index (χ2v) is 5.55. The van der Waals surface area contributed by atoms with Crippen LogP contribution in [0.2, 0.25) is 0 Å². The molecule has 1 aromatic carbocycles. The number of imidazole rings is 1. The summed E-state index contributed by atoms with van der Waals surface area (Å²) in [5, 5.41) is 2.91. The first-order valence-corrected chi connectivity index (χ1v) is 7.51. The number of nitrogens with one attached hydrogen (secondary N) is 1. The number of nitrogens with zero attached hydrogens (tertiary/aromatic N) is 3. The van der Waals surface area contributed by atoms with Crippen LogP contribution in [0.25, 0.3) is 0 Å². The van der Waals surface area contributed by atoms with E-state index < -0.39 is 6.04 Å². The molecule has 0 radical (unpaired) electrons. The van der Waals surface area contributed by atoms with Gasteiger partial charge < -0.3 is 9.88 Å². The molecule has 0 bridgehead atoms. The van der Waals surface area contributed by atoms with Crippen molar-refractivity contribution in [1.82, 2.24) is 19.9 Å². The van der Waals surface area contributed by atoms with Crippen LogP contribution in [0.3, 0.4) is 0 Å². The molecular formula is C18H17FN4O. The molecule has 2 aromatic heterocycles. The van der Waals surface area contributed by atoms with Gasteiger partial charge in [0.25, 0.3) is 5.91 Å². The van der Waals surface area contributed by atoms with Crippen LogP contribution in [-0.2, 0) is 7.05 Å². The number of carbonyl (C=O) groups excluding carboxylic acids is 1. The molecule has 0 aliphatic rings. The van der Waals surface area contributed by atoms with Crippen molar-refractivity contribution in [3.8, 4) is 0 Å². The smallest absolute Gasteiger partial charge is 0.253 e. The van der Waals surface area contributed by atoms with Crippen molar-refractivity contribution < 1.29 is 9.18 Å². The van der Waals surface area contributed by atoms with Crippen LogP contribution in [-0.4, -0.2) is 20.4 Å². The number of rotatable bonds is 4. The summed E-state index contributed by atoms with van der Waals surface area (Å²) in [5.41, 5.74) is 1.89. The monoisotopic (exact) mass is 324 g/mol. The predicted molar refractivity (Wildman–Crippen MR) is 87.9 cm³/mol. The Labute approximate surface area is 139 Å². The fourth-order valence-corrected chi connectivity index (χ4v) is 2.45. The molecule has 0 saturated heterocycles. The molecule has 0 aliphatic heterocycles. The summed E-state index contributed by atoms with van der Waals surface area (Å²) >= 11 is 0. The van der Waals surface area contributed by atoms with Crippen molar-refractivity contribution >= 4 is 5.91 Å². The van der Waals surface area contributed by atoms with Gasteiger partial charge in [-0.05, 0) is 36.8 Å². The van der Waals surface area contributed by atoms with Crippen molar-refractivity contribution in [3.05, 3.63) is 83.5 Å². The molecule has 0 spiro atoms. The van der Waals surface area contributed by atoms with Crippen LogP contribution in [0.5, 0.6) is 0 Å². The molecule has 1 amide bonds. The summed E-state index contributed by atoms with van der Waals surface area (Å²) < 4.78 is 15.4. The Bertz CT molecular complexity index is 857. The highest BCUT2D eigenvalue weighted by Gasteiger charge is 2.22. The quantitative estimate of drug-likeness (QED) is 0.803. The molecule has 5 nitrogen and oxygen atoms in total. The molecule has 122 valence electrons. The van der Waals surface area contributed by atoms with Gasteiger partial charge in [0, 0.05) is 31.3 Å². The summed E-state index contributed by atoms with van der Waals surface area (Å²) in [7, 11) is 1.83. The lowest BCUT2D eigenvalue weighted by Gasteiger charge is -2.19. The second-order valence-electron chi connectivity index (χ2n) is 5.55. The molecule has 24 heavy (non-hydrogen) atoms. The van der Waals surface area contributed by atoms with Crippen molar-refractivity contribution in [2.45, 2.75) is 13.0 Å². The van der Waals surface area contributed by atoms with Crippen LogP contribution < -0.4 is 5.32 Å². The average molecular weight is 324 g/mol. The van der Waals surface area contributed by atoms with E-state index in [-0.39, 0.29) is 11.7 Å². The molecule has 6 heteroatoms. The average Bonchev–Trinajstić information content (AvgIpc) is 2.99. The first-order chi connectivity index (χ1) is 11.5. The van der Waals surface area contributed by atoms with E-state index in [9.17, 15) is 9.18 Å². The van der Waals surface area contributed by atoms with E-state index in [1.807, 2.05) is 14.0 Å². The fraction of sp³-hybridized carbons (Fsp3) is 0.167. The number of hydrogen-bond acceptors (Lipinski definition) is 3. The molecule has 1 atom stereocenters. The first kappa shape index (κ1) is 15.9. The Morgan fingerprint density at radius 2 is 2.08 bits per heavy atom. The lowest BCUT2D eigenvalue weighted by atomic mass is 10.1. The van der Waals surface area contributed by atoms with Crippen LogP contribution in [0.4, 0.5) is 4.39 Å². The Hall–Kier alpha value is -3.02. The van der Waals surface area contributed by atoms with Gasteiger partial charge in [-0.3, -0.25) is 9.78 Å². The summed E-state index contributed by atoms with van der Waals surface area (Å²) in [6.07, 6.45) is 4.94. The minimum absolute atomic E-state index is 0.292. The highest BCUT2D eigenvalue weighted by molar-refractivity contribution is 5.94. The van der Waals surface area contributed by atoms with Crippen molar-refractivity contribution in [2.24, 2.45) is 7.05 Å². The number of halogens is 1. The number of carbonyl (C=O) groups is 1. The Morgan fingerprint density at radius 3 is 2.71 bits per heavy atom. The maximum Gasteiger partial charge on any atom is 0.253 e. The third-order valence-electron chi connectivity index (χ3n) is 3.75. The lowest BCUT2D eigenvalue weighted by molar-refractivity contribution is 0.0940. The summed E-state index contributed by atoms with van der Waals surface area (Å²) in [6, 6.07) is 9.05. The van der Waals surface area contributed by atoms with Gasteiger partial charge in [0.2, 0.25) is 0 Å². The lowest BCUT2D eigenvalue weighted by Crippen LogP contribution is -2.31. The summed E-state index contributed by atoms with van der Waals surface area (Å²) in [4.78, 5) is 21.0. The van der Waals surface area contributed by atoms with Gasteiger partial charge in [-0.25, -0.2) is 9.37 Å². The normalized spacial score (nSPS) is 12.0. The maximum atomic E-state index is 13.6. The van der Waals surface area contributed by atoms with Gasteiger partial charge in [0.1, 0.15) is 17.7 Å². The number of aromatic nitrogens is 3. The van der Waals surface area contributed by atoms with Gasteiger partial charge in [-0.1, -0.05) is 12.1 Å². The molecule has 3 aromatic rings. The van der Waals surface area contributed by atoms with Crippen LogP contribution in [0.15, 0.2) is 55.0 Å². The van der Waals surface area contributed by atoms with E-state index in [0.717, 1.165) is 5.69 Å². The molecule has 0 unspecified atom stereocenters. The third-order valence-corrected chi connectivity index (χ3v) is 3.75. The number of pyridine rings is 1. The van der Waals surface area contributed by atoms with Gasteiger partial charge in [0.05, 0.1) is 5.56 Å². The SMILES string of the molecule is Cc1ccc(C(=O)N[C@H](c2cccc(F)c2)c2nccn2C)cn1. The zero-order valence-corrected chi connectivity index (χ0v) is 13.4. The minimum Gasteiger partial charge on any atom is -0.338 e. The Morgan fingerprint density at radius 1 is 1.25 bits per heavy atom. The van der Waals surface area contributed by atoms with Gasteiger partial charge in [-0.15, -0.1) is 0 Å². The Kier molecular flexibility index (Phi) is 4.37. The number of amides is 1. The van der Waals surface area contributed by atoms with E-state index >= 15 is 0 Å². The van der Waals surface area contributed by atoms with Crippen molar-refractivity contribution in [2.75, 3.05) is 0 Å². The van der Waals surface area contributed by atoms with Crippen molar-refractivity contribution in [3.63, 3.8) is 0 Å². The zero-order chi connectivity index (χ0) is 17.1. The first-order valence-electron chi connectivity index (χ1n) is 7.51. The zero-order valence-electron chi connectivity index (χ0n) is 13.4. The molecule has 3 rings (SSSR count). The van der Waals surface area contributed by atoms with Crippen LogP contribution in [0, 0.1) is 12.7 Å². The molecule has 0 saturated carbocycles. The van der Waals surface area contributed by atoms with E-state index in [1.165, 1.54) is 18.3 Å². The van der Waals surface area contributed by atoms with E-state index in [4.69, 9.17) is 0 Å². The number of aryl methyl sites for hydroxylation is 2. The maximum absolute atomic E-state index is 13.6. The van der Waals surface area contributed by atoms with Gasteiger partial charge in [0.15, 0.2) is 0 Å². The molecule has 0 fully saturated rings. The second kappa shape index (κ2) is 6.62. The fourth-order valence-electron chi connectivity index (χ4n) is 2.45. The van der Waals surface area contributed by atoms with Crippen LogP contribution in [0.1, 0.15) is 33.5 Å². The highest BCUT2D eigenvalue weighted by Crippen LogP contribution is 2.21. The molecule has 0 aliphatic carbocycles. The summed E-state index contributed by atoms with van der Waals surface area (Å²) in [5.74, 6) is -0.0354. The van der Waals surface area contributed by atoms with E-state index in [0.29, 0.717) is 17.0 Å². The van der Waals surface area contributed by atoms with E-state index in [2.05, 4.69) is 15.3 Å². The van der Waals surface area contributed by atoms with Crippen LogP contribution >= 0.6 is 0 Å². The number of hydrogen-bond donors (Lipinski definition) is 1. The third kappa shape index (κ3) is 3.32. The predicted octanol–water partition coefficient (Wildman–Crippen LogP) is 2.78. The Balaban J connectivity index is 1.95.